The fourth-order valence-corrected chi connectivity index (χ4v) is 2.32. The minimum absolute atomic E-state index is 0.00744. The first-order chi connectivity index (χ1) is 12.4. The van der Waals surface area contributed by atoms with Crippen molar-refractivity contribution in [2.45, 2.75) is 52.0 Å². The molecule has 27 heavy (non-hydrogen) atoms. The van der Waals surface area contributed by atoms with Gasteiger partial charge >= 0.3 is 6.18 Å². The molecule has 1 aliphatic carbocycles. The first kappa shape index (κ1) is 20.6. The first-order valence-electron chi connectivity index (χ1n) is 8.13. The Kier molecular flexibility index (Phi) is 5.45. The van der Waals surface area contributed by atoms with Gasteiger partial charge in [0.15, 0.2) is 0 Å². The summed E-state index contributed by atoms with van der Waals surface area (Å²) in [4.78, 5) is 7.76. The third-order valence-electron chi connectivity index (χ3n) is 4.25. The van der Waals surface area contributed by atoms with E-state index in [-0.39, 0.29) is 18.1 Å². The molecule has 1 aromatic heterocycles. The largest absolute Gasteiger partial charge is 0.414 e. The van der Waals surface area contributed by atoms with Crippen LogP contribution in [0.1, 0.15) is 32.9 Å². The van der Waals surface area contributed by atoms with E-state index in [1.54, 1.807) is 20.8 Å². The zero-order valence-electron chi connectivity index (χ0n) is 15.4. The van der Waals surface area contributed by atoms with Crippen molar-refractivity contribution in [1.29, 1.82) is 5.26 Å². The zero-order chi connectivity index (χ0) is 20.6. The van der Waals surface area contributed by atoms with Crippen LogP contribution in [-0.4, -0.2) is 34.8 Å². The lowest BCUT2D eigenvalue weighted by molar-refractivity contribution is -0.0926. The fourth-order valence-electron chi connectivity index (χ4n) is 2.32. The second kappa shape index (κ2) is 7.13. The Bertz CT molecular complexity index is 841. The summed E-state index contributed by atoms with van der Waals surface area (Å²) in [6, 6.07) is 2.08. The smallest absolute Gasteiger partial charge is 0.327 e. The molecule has 0 radical (unpaired) electrons. The van der Waals surface area contributed by atoms with Crippen molar-refractivity contribution in [3.63, 3.8) is 0 Å². The lowest BCUT2D eigenvalue weighted by Gasteiger charge is -2.16. The highest BCUT2D eigenvalue weighted by Gasteiger charge is 2.45. The molecule has 146 valence electrons. The maximum Gasteiger partial charge on any atom is 0.414 e. The van der Waals surface area contributed by atoms with Crippen LogP contribution in [0.4, 0.5) is 23.2 Å². The van der Waals surface area contributed by atoms with Gasteiger partial charge in [0.25, 0.3) is 0 Å². The van der Waals surface area contributed by atoms with Crippen LogP contribution >= 0.6 is 0 Å². The van der Waals surface area contributed by atoms with Crippen molar-refractivity contribution in [1.82, 2.24) is 15.1 Å². The van der Waals surface area contributed by atoms with Gasteiger partial charge in [0.2, 0.25) is 5.96 Å². The van der Waals surface area contributed by atoms with Crippen molar-refractivity contribution in [3.05, 3.63) is 23.2 Å². The van der Waals surface area contributed by atoms with E-state index >= 15 is 0 Å². The number of halogens is 4. The number of guanidine groups is 1. The number of aliphatic imine (C=N–C) groups is 2. The summed E-state index contributed by atoms with van der Waals surface area (Å²) in [5.74, 6) is -1.08. The van der Waals surface area contributed by atoms with Crippen LogP contribution in [0.15, 0.2) is 27.5 Å². The summed E-state index contributed by atoms with van der Waals surface area (Å²) in [7, 11) is 0. The Morgan fingerprint density at radius 2 is 2.04 bits per heavy atom. The molecule has 0 spiro atoms. The molecule has 1 fully saturated rings. The molecule has 1 aliphatic rings. The van der Waals surface area contributed by atoms with Gasteiger partial charge in [-0.2, -0.15) is 23.5 Å². The number of aromatic nitrogens is 2. The van der Waals surface area contributed by atoms with E-state index in [0.717, 1.165) is 6.92 Å². The number of hydrogen-bond acceptors (Lipinski definition) is 3. The van der Waals surface area contributed by atoms with Gasteiger partial charge in [0, 0.05) is 17.2 Å². The molecule has 1 saturated carbocycles. The number of aryl methyl sites for hydroxylation is 1. The molecule has 0 amide bonds. The second-order valence-corrected chi connectivity index (χ2v) is 6.83. The highest BCUT2D eigenvalue weighted by Crippen LogP contribution is 2.43. The Morgan fingerprint density at radius 1 is 1.44 bits per heavy atom. The topological polar surface area (TPSA) is 78.4 Å². The maximum absolute atomic E-state index is 13.4. The predicted octanol–water partition coefficient (Wildman–Crippen LogP) is 3.92. The Morgan fingerprint density at radius 3 is 2.48 bits per heavy atom. The summed E-state index contributed by atoms with van der Waals surface area (Å²) in [6.07, 6.45) is -4.44. The number of nitrogens with one attached hydrogen (secondary N) is 1. The van der Waals surface area contributed by atoms with Crippen molar-refractivity contribution in [2.24, 2.45) is 15.9 Å². The lowest BCUT2D eigenvalue weighted by Crippen LogP contribution is -2.27. The quantitative estimate of drug-likeness (QED) is 0.485. The van der Waals surface area contributed by atoms with E-state index in [4.69, 9.17) is 0 Å². The minimum atomic E-state index is -4.60. The molecule has 1 aromatic rings. The second-order valence-electron chi connectivity index (χ2n) is 6.83. The van der Waals surface area contributed by atoms with E-state index in [0.29, 0.717) is 11.4 Å². The van der Waals surface area contributed by atoms with Crippen LogP contribution in [0.2, 0.25) is 0 Å². The van der Waals surface area contributed by atoms with Gasteiger partial charge in [-0.25, -0.2) is 14.4 Å². The molecule has 1 heterocycles. The minimum Gasteiger partial charge on any atom is -0.327 e. The number of nitriles is 1. The fraction of sp³-hybridized carbons (Fsp3) is 0.529. The van der Waals surface area contributed by atoms with Gasteiger partial charge in [0.1, 0.15) is 17.4 Å². The Hall–Kier alpha value is -2.70. The summed E-state index contributed by atoms with van der Waals surface area (Å²) in [5, 5.41) is 15.9. The van der Waals surface area contributed by atoms with Crippen LogP contribution in [-0.2, 0) is 5.54 Å². The zero-order valence-corrected chi connectivity index (χ0v) is 15.4. The normalized spacial score (nSPS) is 21.4. The molecule has 2 atom stereocenters. The maximum atomic E-state index is 13.4. The van der Waals surface area contributed by atoms with Crippen LogP contribution in [0.3, 0.4) is 0 Å². The molecule has 0 unspecified atom stereocenters. The van der Waals surface area contributed by atoms with Gasteiger partial charge < -0.3 is 5.32 Å². The van der Waals surface area contributed by atoms with E-state index in [2.05, 4.69) is 33.2 Å². The standard InChI is InChI=1S/C17H20F4N6/c1-9(17(19,20)21)14(11-6-12(11)18)25-15(23-5)24-13-7-27(26-10(13)2)16(3,4)8-22/h7,11-12H,5-6H2,1-4H3,(H,24,25)/b14-9+/t11-,12+/m1/s1. The summed E-state index contributed by atoms with van der Waals surface area (Å²) < 4.78 is 54.1. The van der Waals surface area contributed by atoms with E-state index in [1.165, 1.54) is 10.9 Å². The molecule has 6 nitrogen and oxygen atoms in total. The number of hydrogen-bond donors (Lipinski definition) is 1. The molecule has 2 rings (SSSR count). The van der Waals surface area contributed by atoms with Gasteiger partial charge in [-0.1, -0.05) is 0 Å². The third-order valence-corrected chi connectivity index (χ3v) is 4.25. The summed E-state index contributed by atoms with van der Waals surface area (Å²) in [6.45, 7) is 9.14. The van der Waals surface area contributed by atoms with Crippen molar-refractivity contribution < 1.29 is 17.6 Å². The predicted molar refractivity (Wildman–Crippen MR) is 93.4 cm³/mol. The highest BCUT2D eigenvalue weighted by molar-refractivity contribution is 5.88. The monoisotopic (exact) mass is 384 g/mol. The highest BCUT2D eigenvalue weighted by atomic mass is 19.4. The van der Waals surface area contributed by atoms with Gasteiger partial charge in [0.05, 0.1) is 18.0 Å². The SMILES string of the molecule is C=NC(=Nc1cn(C(C)(C)C#N)nc1C)N/C(=C(\C)C(F)(F)F)[C@@H]1C[C@@H]1F. The molecule has 0 aliphatic heterocycles. The summed E-state index contributed by atoms with van der Waals surface area (Å²) >= 11 is 0. The van der Waals surface area contributed by atoms with Crippen LogP contribution in [0.5, 0.6) is 0 Å². The Balaban J connectivity index is 2.39. The lowest BCUT2D eigenvalue weighted by atomic mass is 10.1. The first-order valence-corrected chi connectivity index (χ1v) is 8.13. The number of nitrogens with zero attached hydrogens (tertiary/aromatic N) is 5. The Labute approximate surface area is 154 Å². The average molecular weight is 384 g/mol. The molecule has 1 N–H and O–H groups in total. The van der Waals surface area contributed by atoms with Crippen LogP contribution < -0.4 is 5.32 Å². The van der Waals surface area contributed by atoms with Crippen molar-refractivity contribution in [2.75, 3.05) is 0 Å². The van der Waals surface area contributed by atoms with Crippen LogP contribution in [0, 0.1) is 24.2 Å². The molecule has 0 bridgehead atoms. The van der Waals surface area contributed by atoms with Gasteiger partial charge in [-0.15, -0.1) is 0 Å². The van der Waals surface area contributed by atoms with E-state index in [9.17, 15) is 22.8 Å². The molecule has 0 aromatic carbocycles. The van der Waals surface area contributed by atoms with Crippen molar-refractivity contribution in [3.8, 4) is 6.07 Å². The number of alkyl halides is 4. The van der Waals surface area contributed by atoms with Crippen molar-refractivity contribution >= 4 is 18.4 Å². The number of allylic oxidation sites excluding steroid dienone is 2. The number of rotatable bonds is 4. The van der Waals surface area contributed by atoms with Gasteiger partial charge in [-0.3, -0.25) is 4.68 Å². The average Bonchev–Trinajstić information content (AvgIpc) is 3.18. The van der Waals surface area contributed by atoms with E-state index < -0.39 is 29.4 Å². The summed E-state index contributed by atoms with van der Waals surface area (Å²) in [5.41, 5.74) is -1.40. The third kappa shape index (κ3) is 4.53. The van der Waals surface area contributed by atoms with Gasteiger partial charge in [-0.05, 0) is 40.8 Å². The molecule has 0 saturated heterocycles. The molecular formula is C17H20F4N6. The molecule has 10 heteroatoms. The molecular weight excluding hydrogens is 364 g/mol. The van der Waals surface area contributed by atoms with Crippen LogP contribution in [0.25, 0.3) is 0 Å². The van der Waals surface area contributed by atoms with E-state index in [1.807, 2.05) is 0 Å².